The average molecular weight is 251 g/mol. The lowest BCUT2D eigenvalue weighted by Gasteiger charge is -2.06. The van der Waals surface area contributed by atoms with Gasteiger partial charge < -0.3 is 10.2 Å². The van der Waals surface area contributed by atoms with Crippen LogP contribution in [0.1, 0.15) is 33.2 Å². The maximum atomic E-state index is 10.8. The predicted octanol–water partition coefficient (Wildman–Crippen LogP) is 2.25. The molecule has 0 saturated carbocycles. The topological polar surface area (TPSA) is 94.5 Å². The van der Waals surface area contributed by atoms with E-state index in [0.717, 1.165) is 0 Å². The normalized spacial score (nSPS) is 9.00. The molecule has 18 heavy (non-hydrogen) atoms. The molecule has 2 N–H and O–H groups in total. The van der Waals surface area contributed by atoms with Crippen LogP contribution in [0.15, 0.2) is 30.9 Å². The number of carbonyl (C=O) groups is 2. The summed E-state index contributed by atoms with van der Waals surface area (Å²) in [5, 5.41) is 26.8. The molecular weight excluding hydrogens is 236 g/mol. The lowest BCUT2D eigenvalue weighted by Crippen LogP contribution is -2.08. The van der Waals surface area contributed by atoms with Crippen LogP contribution in [0.3, 0.4) is 0 Å². The molecule has 1 aromatic carbocycles. The molecule has 0 bridgehead atoms. The van der Waals surface area contributed by atoms with Crippen molar-refractivity contribution in [3.8, 4) is 0 Å². The summed E-state index contributed by atoms with van der Waals surface area (Å²) in [4.78, 5) is 21.5. The molecule has 0 unspecified atom stereocenters. The van der Waals surface area contributed by atoms with Gasteiger partial charge >= 0.3 is 11.9 Å². The Morgan fingerprint density at radius 1 is 1.22 bits per heavy atom. The Bertz CT molecular complexity index is 405. The monoisotopic (exact) mass is 251 g/mol. The second-order valence-electron chi connectivity index (χ2n) is 3.25. The van der Waals surface area contributed by atoms with E-state index in [0.29, 0.717) is 12.0 Å². The Morgan fingerprint density at radius 2 is 1.61 bits per heavy atom. The highest BCUT2D eigenvalue weighted by atomic mass is 16.4. The van der Waals surface area contributed by atoms with Gasteiger partial charge in [0.05, 0.1) is 11.1 Å². The van der Waals surface area contributed by atoms with E-state index in [2.05, 4.69) is 6.58 Å². The van der Waals surface area contributed by atoms with Gasteiger partial charge in [-0.3, -0.25) is 0 Å². The summed E-state index contributed by atoms with van der Waals surface area (Å²) in [5.74, 6) is -2.19. The summed E-state index contributed by atoms with van der Waals surface area (Å²) in [6.07, 6.45) is 1.71. The predicted molar refractivity (Wildman–Crippen MR) is 65.5 cm³/mol. The second-order valence-corrected chi connectivity index (χ2v) is 3.25. The molecule has 0 spiro atoms. The molecule has 1 rings (SSSR count). The summed E-state index contributed by atoms with van der Waals surface area (Å²) in [6.45, 7) is 4.73. The van der Waals surface area contributed by atoms with E-state index in [1.54, 1.807) is 6.92 Å². The van der Waals surface area contributed by atoms with Crippen molar-refractivity contribution in [1.29, 1.82) is 0 Å². The van der Waals surface area contributed by atoms with Crippen LogP contribution in [0, 0.1) is 0 Å². The van der Waals surface area contributed by atoms with Gasteiger partial charge in [-0.1, -0.05) is 19.1 Å². The van der Waals surface area contributed by atoms with Crippen LogP contribution in [0.2, 0.25) is 0 Å². The summed E-state index contributed by atoms with van der Waals surface area (Å²) in [5.41, 5.74) is 0.493. The molecule has 5 heteroatoms. The summed E-state index contributed by atoms with van der Waals surface area (Å²) in [7, 11) is 0. The Hall–Kier alpha value is -2.14. The number of carboxylic acids is 2. The number of hydrogen-bond acceptors (Lipinski definition) is 2. The molecule has 1 radical (unpaired) electrons. The van der Waals surface area contributed by atoms with Crippen LogP contribution in [0.5, 0.6) is 0 Å². The van der Waals surface area contributed by atoms with Crippen molar-refractivity contribution in [1.82, 2.24) is 0 Å². The molecule has 0 amide bonds. The highest BCUT2D eigenvalue weighted by Crippen LogP contribution is 2.15. The molecule has 0 saturated heterocycles. The molecule has 0 atom stereocenters. The first-order valence-corrected chi connectivity index (χ1v) is 5.27. The molecule has 97 valence electrons. The van der Waals surface area contributed by atoms with Gasteiger partial charge in [0.2, 0.25) is 0 Å². The minimum absolute atomic E-state index is 0.0624. The first-order valence-electron chi connectivity index (χ1n) is 5.27. The average Bonchev–Trinajstić information content (AvgIpc) is 2.37. The zero-order valence-corrected chi connectivity index (χ0v) is 10.0. The zero-order chi connectivity index (χ0) is 14.1. The van der Waals surface area contributed by atoms with Crippen LogP contribution in [0.25, 0.3) is 0 Å². The number of carboxylic acid groups (broad SMARTS) is 2. The first-order chi connectivity index (χ1) is 8.49. The molecule has 1 aromatic rings. The fourth-order valence-electron chi connectivity index (χ4n) is 1.37. The molecular formula is C13H15O5. The van der Waals surface area contributed by atoms with Gasteiger partial charge in [-0.15, -0.1) is 6.58 Å². The minimum atomic E-state index is -1.09. The van der Waals surface area contributed by atoms with Gasteiger partial charge in [0.1, 0.15) is 6.61 Å². The van der Waals surface area contributed by atoms with Crippen molar-refractivity contribution >= 4 is 11.9 Å². The third kappa shape index (κ3) is 4.39. The van der Waals surface area contributed by atoms with Crippen LogP contribution in [-0.2, 0) is 11.5 Å². The van der Waals surface area contributed by atoms with E-state index < -0.39 is 11.9 Å². The maximum absolute atomic E-state index is 10.8. The Kier molecular flexibility index (Phi) is 7.07. The second kappa shape index (κ2) is 8.03. The molecule has 0 aromatic heterocycles. The van der Waals surface area contributed by atoms with E-state index in [4.69, 9.17) is 10.2 Å². The van der Waals surface area contributed by atoms with Gasteiger partial charge in [0.25, 0.3) is 0 Å². The Labute approximate surface area is 105 Å². The highest BCUT2D eigenvalue weighted by molar-refractivity contribution is 5.96. The van der Waals surface area contributed by atoms with Crippen LogP contribution in [-0.4, -0.2) is 28.8 Å². The van der Waals surface area contributed by atoms with Gasteiger partial charge in [-0.05, 0) is 24.1 Å². The lowest BCUT2D eigenvalue weighted by molar-refractivity contribution is 0.0695. The van der Waals surface area contributed by atoms with Crippen molar-refractivity contribution < 1.29 is 24.9 Å². The molecule has 0 heterocycles. The SMILES string of the molecule is C=CC[O].CCc1c(C(=O)O)cccc1C(=O)O. The van der Waals surface area contributed by atoms with E-state index >= 15 is 0 Å². The molecule has 5 nitrogen and oxygen atoms in total. The third-order valence-corrected chi connectivity index (χ3v) is 2.11. The fourth-order valence-corrected chi connectivity index (χ4v) is 1.37. The molecule has 0 aliphatic rings. The smallest absolute Gasteiger partial charge is 0.335 e. The Balaban J connectivity index is 0.000000631. The lowest BCUT2D eigenvalue weighted by atomic mass is 9.99. The van der Waals surface area contributed by atoms with Crippen molar-refractivity contribution in [3.63, 3.8) is 0 Å². The van der Waals surface area contributed by atoms with E-state index in [9.17, 15) is 14.7 Å². The van der Waals surface area contributed by atoms with Gasteiger partial charge in [-0.25, -0.2) is 14.7 Å². The Morgan fingerprint density at radius 3 is 1.83 bits per heavy atom. The first kappa shape index (κ1) is 15.9. The minimum Gasteiger partial charge on any atom is -0.478 e. The standard InChI is InChI=1S/C10H10O4.C3H5O/c1-2-6-7(9(11)12)4-3-5-8(6)10(13)14;1-2-3-4/h3-5H,2H2,1H3,(H,11,12)(H,13,14);2H,1,3H2. The highest BCUT2D eigenvalue weighted by Gasteiger charge is 2.15. The van der Waals surface area contributed by atoms with Crippen LogP contribution in [0.4, 0.5) is 0 Å². The van der Waals surface area contributed by atoms with Crippen LogP contribution < -0.4 is 0 Å². The largest absolute Gasteiger partial charge is 0.478 e. The van der Waals surface area contributed by atoms with Gasteiger partial charge in [0.15, 0.2) is 0 Å². The molecule has 0 aliphatic heterocycles. The maximum Gasteiger partial charge on any atom is 0.335 e. The summed E-state index contributed by atoms with van der Waals surface area (Å²) < 4.78 is 0. The fraction of sp³-hybridized carbons (Fsp3) is 0.231. The zero-order valence-electron chi connectivity index (χ0n) is 10.0. The quantitative estimate of drug-likeness (QED) is 0.802. The van der Waals surface area contributed by atoms with Crippen LogP contribution >= 0.6 is 0 Å². The number of aromatic carboxylic acids is 2. The van der Waals surface area contributed by atoms with Crippen molar-refractivity contribution in [2.24, 2.45) is 0 Å². The van der Waals surface area contributed by atoms with E-state index in [-0.39, 0.29) is 17.7 Å². The third-order valence-electron chi connectivity index (χ3n) is 2.11. The summed E-state index contributed by atoms with van der Waals surface area (Å²) >= 11 is 0. The van der Waals surface area contributed by atoms with Gasteiger partial charge in [0, 0.05) is 0 Å². The number of benzene rings is 1. The van der Waals surface area contributed by atoms with Gasteiger partial charge in [-0.2, -0.15) is 0 Å². The van der Waals surface area contributed by atoms with Crippen molar-refractivity contribution in [2.75, 3.05) is 6.61 Å². The number of hydrogen-bond donors (Lipinski definition) is 2. The van der Waals surface area contributed by atoms with Crippen molar-refractivity contribution in [3.05, 3.63) is 47.5 Å². The number of rotatable bonds is 4. The van der Waals surface area contributed by atoms with Crippen molar-refractivity contribution in [2.45, 2.75) is 13.3 Å². The van der Waals surface area contributed by atoms with E-state index in [1.165, 1.54) is 24.3 Å². The summed E-state index contributed by atoms with van der Waals surface area (Å²) in [6, 6.07) is 4.26. The molecule has 0 aliphatic carbocycles. The molecule has 0 fully saturated rings. The van der Waals surface area contributed by atoms with E-state index in [1.807, 2.05) is 0 Å².